The van der Waals surface area contributed by atoms with Crippen LogP contribution < -0.4 is 10.3 Å². The fourth-order valence-electron chi connectivity index (χ4n) is 8.92. The van der Waals surface area contributed by atoms with Crippen molar-refractivity contribution in [2.45, 2.75) is 30.4 Å². The van der Waals surface area contributed by atoms with Crippen LogP contribution in [0.1, 0.15) is 45.8 Å². The average molecular weight is 870 g/mol. The third-order valence-corrected chi connectivity index (χ3v) is 12.2. The summed E-state index contributed by atoms with van der Waals surface area (Å²) in [5, 5.41) is 21.6. The molecule has 8 rings (SSSR count). The highest BCUT2D eigenvalue weighted by molar-refractivity contribution is 9.10. The zero-order valence-corrected chi connectivity index (χ0v) is 31.5. The van der Waals surface area contributed by atoms with Crippen molar-refractivity contribution in [1.82, 2.24) is 9.99 Å². The molecule has 6 atom stereocenters. The number of carbonyl (C=O) groups is 5. The van der Waals surface area contributed by atoms with Crippen LogP contribution in [0.15, 0.2) is 95.1 Å². The van der Waals surface area contributed by atoms with Gasteiger partial charge in [-0.3, -0.25) is 29.5 Å². The Labute approximate surface area is 333 Å². The van der Waals surface area contributed by atoms with Gasteiger partial charge < -0.3 is 10.2 Å². The van der Waals surface area contributed by atoms with Gasteiger partial charge in [-0.1, -0.05) is 69.0 Å². The summed E-state index contributed by atoms with van der Waals surface area (Å²) in [6.45, 7) is 0. The molecule has 4 aliphatic rings. The molecule has 2 aliphatic heterocycles. The molecule has 3 fully saturated rings. The van der Waals surface area contributed by atoms with E-state index in [9.17, 15) is 42.6 Å². The van der Waals surface area contributed by atoms with E-state index < -0.39 is 87.2 Å². The molecule has 56 heavy (non-hydrogen) atoms. The molecule has 11 nitrogen and oxygen atoms in total. The largest absolute Gasteiger partial charge is 0.508 e. The minimum absolute atomic E-state index is 0.0397. The number of carboxylic acids is 1. The van der Waals surface area contributed by atoms with Crippen molar-refractivity contribution in [2.24, 2.45) is 23.7 Å². The second-order valence-electron chi connectivity index (χ2n) is 14.0. The lowest BCUT2D eigenvalue weighted by Gasteiger charge is -2.50. The van der Waals surface area contributed by atoms with E-state index in [0.29, 0.717) is 37.9 Å². The van der Waals surface area contributed by atoms with Gasteiger partial charge in [0, 0.05) is 27.2 Å². The number of amides is 4. The molecule has 1 saturated carbocycles. The number of alkyl halides is 3. The lowest BCUT2D eigenvalue weighted by Crippen LogP contribution is -2.53. The van der Waals surface area contributed by atoms with Crippen molar-refractivity contribution >= 4 is 80.2 Å². The van der Waals surface area contributed by atoms with E-state index in [1.54, 1.807) is 30.3 Å². The zero-order valence-electron chi connectivity index (χ0n) is 28.4. The first-order valence-electron chi connectivity index (χ1n) is 17.1. The number of nitrogens with zero attached hydrogens (tertiary/aromatic N) is 3. The first-order valence-corrected chi connectivity index (χ1v) is 18.6. The highest BCUT2D eigenvalue weighted by Gasteiger charge is 2.70. The smallest absolute Gasteiger partial charge is 0.417 e. The van der Waals surface area contributed by atoms with Gasteiger partial charge in [0.1, 0.15) is 5.75 Å². The lowest BCUT2D eigenvalue weighted by molar-refractivity contribution is -0.139. The first kappa shape index (κ1) is 37.7. The van der Waals surface area contributed by atoms with Gasteiger partial charge in [-0.25, -0.2) is 9.78 Å². The van der Waals surface area contributed by atoms with Crippen LogP contribution in [0.5, 0.6) is 5.75 Å². The minimum Gasteiger partial charge on any atom is -0.508 e. The van der Waals surface area contributed by atoms with Crippen LogP contribution in [-0.4, -0.2) is 49.8 Å². The van der Waals surface area contributed by atoms with E-state index in [-0.39, 0.29) is 35.4 Å². The number of halogens is 6. The molecule has 3 N–H and O–H groups in total. The molecule has 0 bridgehead atoms. The molecular weight excluding hydrogens is 844 g/mol. The van der Waals surface area contributed by atoms with E-state index in [2.05, 4.69) is 26.3 Å². The number of imide groups is 2. The number of aromatic carboxylic acids is 1. The number of fused-ring (bicyclic) bond motifs is 4. The second kappa shape index (κ2) is 13.5. The first-order chi connectivity index (χ1) is 26.5. The maximum Gasteiger partial charge on any atom is 0.417 e. The molecule has 286 valence electrons. The summed E-state index contributed by atoms with van der Waals surface area (Å²) in [5.74, 6) is -10.0. The normalized spacial score (nSPS) is 25.8. The minimum atomic E-state index is -4.78. The van der Waals surface area contributed by atoms with Crippen molar-refractivity contribution in [3.05, 3.63) is 127 Å². The number of aromatic hydroxyl groups is 1. The highest BCUT2D eigenvalue weighted by atomic mass is 79.9. The third-order valence-electron chi connectivity index (χ3n) is 11.2. The Kier molecular flexibility index (Phi) is 9.05. The Morgan fingerprint density at radius 2 is 1.68 bits per heavy atom. The summed E-state index contributed by atoms with van der Waals surface area (Å²) in [6.07, 6.45) is -2.63. The maximum atomic E-state index is 15.3. The topological polar surface area (TPSA) is 157 Å². The van der Waals surface area contributed by atoms with Gasteiger partial charge >= 0.3 is 12.1 Å². The zero-order chi connectivity index (χ0) is 40.0. The van der Waals surface area contributed by atoms with Gasteiger partial charge in [-0.05, 0) is 78.9 Å². The number of anilines is 2. The number of nitrogens with one attached hydrogen (secondary N) is 1. The van der Waals surface area contributed by atoms with Crippen LogP contribution >= 0.6 is 39.1 Å². The number of hydrazine groups is 1. The van der Waals surface area contributed by atoms with Crippen molar-refractivity contribution in [2.75, 3.05) is 10.3 Å². The fraction of sp³-hybridized carbons (Fsp3) is 0.231. The SMILES string of the molecule is O=C(O)c1cccc(N2C(=O)[C@H]3[C@H](CC=C4[C@H]3C[C@H]3C(=O)N(Nc5ncc(C(F)(F)F)cc5Cl)C(=O)[C@@]3(c3ccc(Cl)cc3)[C@H]4c3cc(Br)ccc3O)C2=O)c1. The standard InChI is InChI=1S/C39H26BrCl2F3N4O7/c40-20-6-11-29(50)26(14-20)31-23-9-10-24-30(35(53)48(33(24)51)22-3-1-2-17(12-22)36(54)55)25(23)15-27-34(52)49(37(56)38(27,31)18-4-7-21(41)8-5-18)47-32-28(42)13-19(16-46-32)39(43,44)45/h1-9,11-14,16,24-25,27,30-31,50H,10,15H2,(H,46,47)(H,54,55)/t24-,25+,27-,30-,31+,38+/m0/s1. The van der Waals surface area contributed by atoms with E-state index in [4.69, 9.17) is 23.2 Å². The fourth-order valence-corrected chi connectivity index (χ4v) is 9.63. The number of benzene rings is 3. The summed E-state index contributed by atoms with van der Waals surface area (Å²) in [4.78, 5) is 75.2. The summed E-state index contributed by atoms with van der Waals surface area (Å²) in [5.41, 5.74) is 0.494. The quantitative estimate of drug-likeness (QED) is 0.130. The van der Waals surface area contributed by atoms with E-state index in [1.165, 1.54) is 42.5 Å². The Morgan fingerprint density at radius 1 is 0.946 bits per heavy atom. The molecule has 0 radical (unpaired) electrons. The Balaban J connectivity index is 1.31. The number of allylic oxidation sites excluding steroid dienone is 2. The summed E-state index contributed by atoms with van der Waals surface area (Å²) < 4.78 is 40.9. The van der Waals surface area contributed by atoms with Crippen molar-refractivity contribution < 1.29 is 47.4 Å². The second-order valence-corrected chi connectivity index (χ2v) is 15.7. The summed E-state index contributed by atoms with van der Waals surface area (Å²) >= 11 is 16.0. The lowest BCUT2D eigenvalue weighted by atomic mass is 9.49. The molecule has 4 aromatic rings. The van der Waals surface area contributed by atoms with Crippen LogP contribution in [0.3, 0.4) is 0 Å². The van der Waals surface area contributed by atoms with Gasteiger partial charge in [0.2, 0.25) is 11.8 Å². The van der Waals surface area contributed by atoms with Crippen LogP contribution in [0.4, 0.5) is 24.7 Å². The molecule has 0 unspecified atom stereocenters. The molecule has 2 saturated heterocycles. The Hall–Kier alpha value is -5.25. The molecule has 3 heterocycles. The number of aromatic nitrogens is 1. The van der Waals surface area contributed by atoms with Gasteiger partial charge in [0.25, 0.3) is 11.8 Å². The van der Waals surface area contributed by atoms with Gasteiger partial charge in [0.15, 0.2) is 5.82 Å². The molecule has 0 spiro atoms. The van der Waals surface area contributed by atoms with Gasteiger partial charge in [-0.15, -0.1) is 0 Å². The van der Waals surface area contributed by atoms with Crippen LogP contribution in [0, 0.1) is 23.7 Å². The van der Waals surface area contributed by atoms with Crippen LogP contribution in [0.25, 0.3) is 0 Å². The van der Waals surface area contributed by atoms with E-state index >= 15 is 4.79 Å². The predicted molar refractivity (Wildman–Crippen MR) is 199 cm³/mol. The number of phenols is 1. The van der Waals surface area contributed by atoms with Gasteiger partial charge in [0.05, 0.1) is 45.0 Å². The number of hydrogen-bond acceptors (Lipinski definition) is 8. The number of hydrogen-bond donors (Lipinski definition) is 3. The Morgan fingerprint density at radius 3 is 2.36 bits per heavy atom. The van der Waals surface area contributed by atoms with Crippen molar-refractivity contribution in [3.8, 4) is 5.75 Å². The molecule has 3 aromatic carbocycles. The number of carboxylic acid groups (broad SMARTS) is 1. The molecule has 4 amide bonds. The van der Waals surface area contributed by atoms with Crippen LogP contribution in [0.2, 0.25) is 10.0 Å². The monoisotopic (exact) mass is 868 g/mol. The van der Waals surface area contributed by atoms with E-state index in [1.807, 2.05) is 0 Å². The number of rotatable bonds is 6. The van der Waals surface area contributed by atoms with Crippen molar-refractivity contribution in [3.63, 3.8) is 0 Å². The number of carbonyl (C=O) groups excluding carboxylic acids is 4. The molecular formula is C39H26BrCl2F3N4O7. The van der Waals surface area contributed by atoms with Gasteiger partial charge in [-0.2, -0.15) is 18.2 Å². The molecule has 2 aliphatic carbocycles. The van der Waals surface area contributed by atoms with E-state index in [0.717, 1.165) is 4.90 Å². The highest BCUT2D eigenvalue weighted by Crippen LogP contribution is 2.65. The number of phenolic OH excluding ortho intramolecular Hbond substituents is 1. The number of pyridine rings is 1. The van der Waals surface area contributed by atoms with Crippen molar-refractivity contribution in [1.29, 1.82) is 0 Å². The summed E-state index contributed by atoms with van der Waals surface area (Å²) in [7, 11) is 0. The predicted octanol–water partition coefficient (Wildman–Crippen LogP) is 7.76. The average Bonchev–Trinajstić information content (AvgIpc) is 3.54. The summed E-state index contributed by atoms with van der Waals surface area (Å²) in [6, 6.07) is 16.8. The third kappa shape index (κ3) is 5.69. The molecule has 1 aromatic heterocycles. The Bertz CT molecular complexity index is 2430. The molecule has 17 heteroatoms. The van der Waals surface area contributed by atoms with Crippen LogP contribution in [-0.2, 0) is 30.8 Å². The maximum absolute atomic E-state index is 15.3.